The zero-order chi connectivity index (χ0) is 35.2. The maximum Gasteiger partial charge on any atom is 0.249 e. The minimum Gasteiger partial charge on any atom is -0.394 e. The highest BCUT2D eigenvalue weighted by atomic mass is 16.3. The van der Waals surface area contributed by atoms with Gasteiger partial charge in [-0.2, -0.15) is 0 Å². The summed E-state index contributed by atoms with van der Waals surface area (Å²) >= 11 is 0. The molecule has 282 valence electrons. The molecule has 0 aromatic heterocycles. The van der Waals surface area contributed by atoms with Gasteiger partial charge in [-0.05, 0) is 44.9 Å². The third kappa shape index (κ3) is 33.1. The van der Waals surface area contributed by atoms with Crippen molar-refractivity contribution in [2.45, 2.75) is 225 Å². The Kier molecular flexibility index (Phi) is 37.2. The molecule has 0 rings (SSSR count). The van der Waals surface area contributed by atoms with Crippen molar-refractivity contribution in [2.75, 3.05) is 6.61 Å². The largest absolute Gasteiger partial charge is 0.394 e. The van der Waals surface area contributed by atoms with E-state index >= 15 is 0 Å². The molecule has 0 saturated carbocycles. The zero-order valence-electron chi connectivity index (χ0n) is 31.9. The first-order chi connectivity index (χ1) is 23.6. The first-order valence-corrected chi connectivity index (χ1v) is 20.8. The van der Waals surface area contributed by atoms with Crippen molar-refractivity contribution in [3.8, 4) is 0 Å². The van der Waals surface area contributed by atoms with Crippen LogP contribution in [0, 0.1) is 0 Å². The summed E-state index contributed by atoms with van der Waals surface area (Å²) in [6, 6.07) is -0.816. The van der Waals surface area contributed by atoms with Crippen LogP contribution in [0.15, 0.2) is 36.5 Å². The molecule has 0 bridgehead atoms. The van der Waals surface area contributed by atoms with Gasteiger partial charge in [0.25, 0.3) is 0 Å². The topological polar surface area (TPSA) is 89.8 Å². The quantitative estimate of drug-likeness (QED) is 0.0390. The van der Waals surface area contributed by atoms with Crippen LogP contribution in [0.4, 0.5) is 0 Å². The number of amides is 1. The molecule has 1 amide bonds. The van der Waals surface area contributed by atoms with Crippen LogP contribution in [0.5, 0.6) is 0 Å². The van der Waals surface area contributed by atoms with E-state index in [-0.39, 0.29) is 6.61 Å². The van der Waals surface area contributed by atoms with E-state index in [1.54, 1.807) is 6.08 Å². The Balaban J connectivity index is 3.70. The second-order valence-corrected chi connectivity index (χ2v) is 14.2. The first kappa shape index (κ1) is 46.6. The van der Waals surface area contributed by atoms with Crippen LogP contribution in [0.3, 0.4) is 0 Å². The number of unbranched alkanes of at least 4 members (excludes halogenated alkanes) is 25. The highest BCUT2D eigenvalue weighted by molar-refractivity contribution is 5.80. The lowest BCUT2D eigenvalue weighted by molar-refractivity contribution is -0.131. The van der Waals surface area contributed by atoms with E-state index in [4.69, 9.17) is 0 Å². The Morgan fingerprint density at radius 2 is 0.854 bits per heavy atom. The van der Waals surface area contributed by atoms with E-state index < -0.39 is 24.2 Å². The van der Waals surface area contributed by atoms with Gasteiger partial charge in [0.05, 0.1) is 18.8 Å². The summed E-state index contributed by atoms with van der Waals surface area (Å²) in [5.41, 5.74) is 0. The lowest BCUT2D eigenvalue weighted by atomic mass is 10.0. The van der Waals surface area contributed by atoms with Gasteiger partial charge in [0.2, 0.25) is 5.91 Å². The molecule has 0 aliphatic carbocycles. The second-order valence-electron chi connectivity index (χ2n) is 14.2. The molecule has 0 fully saturated rings. The van der Waals surface area contributed by atoms with Crippen molar-refractivity contribution in [2.24, 2.45) is 0 Å². The summed E-state index contributed by atoms with van der Waals surface area (Å²) in [6.45, 7) is 4.13. The zero-order valence-corrected chi connectivity index (χ0v) is 31.9. The maximum absolute atomic E-state index is 12.4. The second kappa shape index (κ2) is 38.4. The van der Waals surface area contributed by atoms with Gasteiger partial charge in [-0.3, -0.25) is 4.79 Å². The van der Waals surface area contributed by atoms with Crippen LogP contribution in [0.25, 0.3) is 0 Å². The lowest BCUT2D eigenvalue weighted by Crippen LogP contribution is -2.48. The summed E-state index contributed by atoms with van der Waals surface area (Å²) in [6.07, 6.45) is 47.6. The molecule has 0 aromatic carbocycles. The van der Waals surface area contributed by atoms with Gasteiger partial charge in [0.15, 0.2) is 0 Å². The average molecular weight is 676 g/mol. The van der Waals surface area contributed by atoms with Crippen LogP contribution in [0.1, 0.15) is 206 Å². The average Bonchev–Trinajstić information content (AvgIpc) is 3.09. The summed E-state index contributed by atoms with van der Waals surface area (Å²) < 4.78 is 0. The third-order valence-electron chi connectivity index (χ3n) is 9.46. The summed E-state index contributed by atoms with van der Waals surface area (Å²) in [5.74, 6) is -0.520. The Bertz CT molecular complexity index is 749. The minimum absolute atomic E-state index is 0.380. The molecule has 0 aromatic rings. The van der Waals surface area contributed by atoms with E-state index in [2.05, 4.69) is 43.5 Å². The van der Waals surface area contributed by atoms with Crippen LogP contribution in [-0.4, -0.2) is 46.1 Å². The fraction of sp³-hybridized carbons (Fsp3) is 0.837. The Hall–Kier alpha value is -1.43. The van der Waals surface area contributed by atoms with Gasteiger partial charge in [0, 0.05) is 0 Å². The number of rotatable bonds is 37. The number of aliphatic hydroxyl groups excluding tert-OH is 3. The smallest absolute Gasteiger partial charge is 0.249 e. The normalized spacial score (nSPS) is 14.0. The molecule has 5 heteroatoms. The monoisotopic (exact) mass is 676 g/mol. The number of nitrogens with one attached hydrogen (secondary N) is 1. The molecule has 3 unspecified atom stereocenters. The highest BCUT2D eigenvalue weighted by Crippen LogP contribution is 2.15. The minimum atomic E-state index is -1.10. The van der Waals surface area contributed by atoms with E-state index in [1.807, 2.05) is 6.08 Å². The van der Waals surface area contributed by atoms with E-state index in [1.165, 1.54) is 141 Å². The van der Waals surface area contributed by atoms with Crippen LogP contribution < -0.4 is 5.32 Å². The molecule has 5 nitrogen and oxygen atoms in total. The third-order valence-corrected chi connectivity index (χ3v) is 9.46. The Labute approximate surface area is 298 Å². The summed E-state index contributed by atoms with van der Waals surface area (Å²) in [4.78, 5) is 12.4. The van der Waals surface area contributed by atoms with Crippen LogP contribution in [-0.2, 0) is 4.79 Å². The van der Waals surface area contributed by atoms with Crippen molar-refractivity contribution in [3.63, 3.8) is 0 Å². The van der Waals surface area contributed by atoms with Crippen LogP contribution >= 0.6 is 0 Å². The van der Waals surface area contributed by atoms with Crippen molar-refractivity contribution >= 4 is 5.91 Å². The van der Waals surface area contributed by atoms with Crippen molar-refractivity contribution in [1.29, 1.82) is 0 Å². The van der Waals surface area contributed by atoms with E-state index in [9.17, 15) is 20.1 Å². The standard InChI is InChI=1S/C43H81NO4/c1-3-5-7-9-11-13-14-15-16-17-18-19-20-21-22-23-24-25-26-27-28-30-31-33-35-37-41(46)40(39-45)44-43(48)42(47)38-36-34-32-29-12-10-8-6-4-2/h24-25,28,30,35,37,40-42,45-47H,3-23,26-27,29,31-34,36,38-39H2,1-2H3,(H,44,48)/b25-24+,30-28+,37-35+. The molecular weight excluding hydrogens is 594 g/mol. The van der Waals surface area contributed by atoms with Gasteiger partial charge in [-0.1, -0.05) is 198 Å². The van der Waals surface area contributed by atoms with Gasteiger partial charge in [-0.25, -0.2) is 0 Å². The molecular formula is C43H81NO4. The fourth-order valence-corrected chi connectivity index (χ4v) is 6.16. The number of hydrogen-bond donors (Lipinski definition) is 4. The Morgan fingerprint density at radius 3 is 1.27 bits per heavy atom. The highest BCUT2D eigenvalue weighted by Gasteiger charge is 2.22. The van der Waals surface area contributed by atoms with Gasteiger partial charge in [0.1, 0.15) is 6.10 Å². The molecule has 3 atom stereocenters. The molecule has 0 aliphatic rings. The van der Waals surface area contributed by atoms with Crippen molar-refractivity contribution in [1.82, 2.24) is 5.32 Å². The predicted molar refractivity (Wildman–Crippen MR) is 208 cm³/mol. The van der Waals surface area contributed by atoms with Gasteiger partial charge >= 0.3 is 0 Å². The number of hydrogen-bond acceptors (Lipinski definition) is 4. The maximum atomic E-state index is 12.4. The number of allylic oxidation sites excluding steroid dienone is 5. The Morgan fingerprint density at radius 1 is 0.500 bits per heavy atom. The predicted octanol–water partition coefficient (Wildman–Crippen LogP) is 11.6. The molecule has 0 aliphatic heterocycles. The fourth-order valence-electron chi connectivity index (χ4n) is 6.16. The van der Waals surface area contributed by atoms with E-state index in [0.29, 0.717) is 6.42 Å². The summed E-state index contributed by atoms with van der Waals surface area (Å²) in [7, 11) is 0. The van der Waals surface area contributed by atoms with Crippen LogP contribution in [0.2, 0.25) is 0 Å². The van der Waals surface area contributed by atoms with Gasteiger partial charge in [-0.15, -0.1) is 0 Å². The summed E-state index contributed by atoms with van der Waals surface area (Å²) in [5, 5.41) is 32.9. The van der Waals surface area contributed by atoms with Gasteiger partial charge < -0.3 is 20.6 Å². The van der Waals surface area contributed by atoms with E-state index in [0.717, 1.165) is 44.9 Å². The lowest BCUT2D eigenvalue weighted by Gasteiger charge is -2.21. The molecule has 48 heavy (non-hydrogen) atoms. The SMILES string of the molecule is CCCCCCCCCCCCCCCCC/C=C/CC/C=C/CC/C=C/C(O)C(CO)NC(=O)C(O)CCCCCCCCCCC. The number of carbonyl (C=O) groups is 1. The number of aliphatic hydroxyl groups is 3. The number of carbonyl (C=O) groups excluding carboxylic acids is 1. The molecule has 0 radical (unpaired) electrons. The molecule has 0 spiro atoms. The van der Waals surface area contributed by atoms with Crippen molar-refractivity contribution < 1.29 is 20.1 Å². The molecule has 0 heterocycles. The van der Waals surface area contributed by atoms with Crippen molar-refractivity contribution in [3.05, 3.63) is 36.5 Å². The molecule has 0 saturated heterocycles. The first-order valence-electron chi connectivity index (χ1n) is 20.8. The molecule has 4 N–H and O–H groups in total.